The monoisotopic (exact) mass is 284 g/mol. The van der Waals surface area contributed by atoms with Gasteiger partial charge in [-0.1, -0.05) is 6.92 Å². The Kier molecular flexibility index (Phi) is 4.47. The molecular formula is C13H17ClN2O3. The molecule has 2 heterocycles. The summed E-state index contributed by atoms with van der Waals surface area (Å²) in [5.74, 6) is -0.0540. The van der Waals surface area contributed by atoms with Crippen molar-refractivity contribution in [3.8, 4) is 0 Å². The van der Waals surface area contributed by atoms with Crippen molar-refractivity contribution in [2.75, 3.05) is 13.1 Å². The average molecular weight is 285 g/mol. The van der Waals surface area contributed by atoms with E-state index in [-0.39, 0.29) is 23.1 Å². The molecule has 1 aromatic heterocycles. The molecule has 5 nitrogen and oxygen atoms in total. The van der Waals surface area contributed by atoms with Gasteiger partial charge in [0.1, 0.15) is 0 Å². The average Bonchev–Trinajstić information content (AvgIpc) is 2.85. The molecule has 1 fully saturated rings. The highest BCUT2D eigenvalue weighted by Gasteiger charge is 2.26. The quantitative estimate of drug-likeness (QED) is 0.924. The molecule has 1 aliphatic rings. The Morgan fingerprint density at radius 1 is 1.47 bits per heavy atom. The van der Waals surface area contributed by atoms with Crippen molar-refractivity contribution in [1.82, 2.24) is 10.2 Å². The van der Waals surface area contributed by atoms with Crippen LogP contribution in [0.4, 0.5) is 0 Å². The lowest BCUT2D eigenvalue weighted by atomic mass is 10.0. The van der Waals surface area contributed by atoms with Crippen LogP contribution < -0.4 is 5.32 Å². The molecule has 2 amide bonds. The highest BCUT2D eigenvalue weighted by atomic mass is 35.5. The summed E-state index contributed by atoms with van der Waals surface area (Å²) in [7, 11) is 0. The second-order valence-corrected chi connectivity index (χ2v) is 4.94. The van der Waals surface area contributed by atoms with Crippen LogP contribution in [0.25, 0.3) is 0 Å². The number of furan rings is 1. The molecule has 0 aromatic carbocycles. The van der Waals surface area contributed by atoms with Crippen LogP contribution in [-0.2, 0) is 4.79 Å². The van der Waals surface area contributed by atoms with Crippen molar-refractivity contribution >= 4 is 23.4 Å². The molecule has 0 atom stereocenters. The third kappa shape index (κ3) is 3.29. The first kappa shape index (κ1) is 13.9. The molecule has 1 aromatic rings. The summed E-state index contributed by atoms with van der Waals surface area (Å²) in [6.07, 6.45) is 3.44. The van der Waals surface area contributed by atoms with Crippen molar-refractivity contribution in [3.63, 3.8) is 0 Å². The van der Waals surface area contributed by atoms with Gasteiger partial charge in [-0.15, -0.1) is 0 Å². The van der Waals surface area contributed by atoms with Crippen molar-refractivity contribution in [2.45, 2.75) is 32.2 Å². The molecule has 1 aliphatic heterocycles. The third-order valence-electron chi connectivity index (χ3n) is 3.32. The Bertz CT molecular complexity index is 464. The van der Waals surface area contributed by atoms with Gasteiger partial charge in [-0.25, -0.2) is 0 Å². The lowest BCUT2D eigenvalue weighted by Gasteiger charge is -2.32. The molecule has 0 radical (unpaired) electrons. The first-order valence-electron chi connectivity index (χ1n) is 6.43. The van der Waals surface area contributed by atoms with Crippen LogP contribution in [-0.4, -0.2) is 35.8 Å². The summed E-state index contributed by atoms with van der Waals surface area (Å²) >= 11 is 5.80. The zero-order chi connectivity index (χ0) is 13.8. The predicted octanol–water partition coefficient (Wildman–Crippen LogP) is 2.06. The van der Waals surface area contributed by atoms with E-state index in [0.717, 1.165) is 12.8 Å². The van der Waals surface area contributed by atoms with Crippen LogP contribution in [0.5, 0.6) is 0 Å². The number of nitrogens with zero attached hydrogens (tertiary/aromatic N) is 1. The van der Waals surface area contributed by atoms with E-state index in [9.17, 15) is 9.59 Å². The van der Waals surface area contributed by atoms with Gasteiger partial charge < -0.3 is 14.6 Å². The first-order chi connectivity index (χ1) is 9.11. The summed E-state index contributed by atoms with van der Waals surface area (Å²) in [5, 5.41) is 3.08. The van der Waals surface area contributed by atoms with Crippen molar-refractivity contribution < 1.29 is 14.0 Å². The van der Waals surface area contributed by atoms with E-state index in [4.69, 9.17) is 16.0 Å². The first-order valence-corrected chi connectivity index (χ1v) is 6.81. The van der Waals surface area contributed by atoms with Crippen LogP contribution in [0.15, 0.2) is 16.7 Å². The van der Waals surface area contributed by atoms with Gasteiger partial charge in [0.2, 0.25) is 11.1 Å². The van der Waals surface area contributed by atoms with Gasteiger partial charge in [-0.2, -0.15) is 0 Å². The van der Waals surface area contributed by atoms with Crippen molar-refractivity contribution in [3.05, 3.63) is 23.1 Å². The van der Waals surface area contributed by atoms with Crippen LogP contribution in [0.3, 0.4) is 0 Å². The van der Waals surface area contributed by atoms with Gasteiger partial charge in [-0.05, 0) is 30.5 Å². The molecule has 0 unspecified atom stereocenters. The molecule has 0 aliphatic carbocycles. The summed E-state index contributed by atoms with van der Waals surface area (Å²) in [6, 6.07) is 1.74. The van der Waals surface area contributed by atoms with Gasteiger partial charge in [-0.3, -0.25) is 9.59 Å². The van der Waals surface area contributed by atoms with E-state index >= 15 is 0 Å². The number of carbonyl (C=O) groups excluding carboxylic acids is 2. The molecule has 2 rings (SSSR count). The molecule has 104 valence electrons. The maximum Gasteiger partial charge on any atom is 0.258 e. The smallest absolute Gasteiger partial charge is 0.258 e. The molecule has 1 N–H and O–H groups in total. The fourth-order valence-electron chi connectivity index (χ4n) is 2.17. The Morgan fingerprint density at radius 2 is 2.16 bits per heavy atom. The zero-order valence-corrected chi connectivity index (χ0v) is 11.6. The summed E-state index contributed by atoms with van der Waals surface area (Å²) in [6.45, 7) is 3.07. The lowest BCUT2D eigenvalue weighted by Crippen LogP contribution is -2.46. The fourth-order valence-corrected chi connectivity index (χ4v) is 2.37. The predicted molar refractivity (Wildman–Crippen MR) is 71.1 cm³/mol. The molecule has 0 bridgehead atoms. The number of rotatable bonds is 3. The number of piperidine rings is 1. The van der Waals surface area contributed by atoms with Crippen LogP contribution >= 0.6 is 11.6 Å². The highest BCUT2D eigenvalue weighted by molar-refractivity contribution is 6.32. The van der Waals surface area contributed by atoms with E-state index in [0.29, 0.717) is 25.1 Å². The standard InChI is InChI=1S/C13H17ClN2O3/c1-2-11(17)15-9-3-6-16(7-4-9)13(18)10-5-8-19-12(10)14/h5,8-9H,2-4,6-7H2,1H3,(H,15,17). The normalized spacial score (nSPS) is 16.4. The van der Waals surface area contributed by atoms with Crippen LogP contribution in [0.2, 0.25) is 5.22 Å². The van der Waals surface area contributed by atoms with E-state index in [2.05, 4.69) is 5.32 Å². The minimum atomic E-state index is -0.112. The number of nitrogens with one attached hydrogen (secondary N) is 1. The number of hydrogen-bond acceptors (Lipinski definition) is 3. The van der Waals surface area contributed by atoms with E-state index in [1.165, 1.54) is 6.26 Å². The Balaban J connectivity index is 1.88. The van der Waals surface area contributed by atoms with Crippen molar-refractivity contribution in [2.24, 2.45) is 0 Å². The highest BCUT2D eigenvalue weighted by Crippen LogP contribution is 2.21. The van der Waals surface area contributed by atoms with Crippen molar-refractivity contribution in [1.29, 1.82) is 0 Å². The topological polar surface area (TPSA) is 62.6 Å². The minimum absolute atomic E-state index is 0.0580. The summed E-state index contributed by atoms with van der Waals surface area (Å²) in [5.41, 5.74) is 0.401. The Labute approximate surface area is 116 Å². The SMILES string of the molecule is CCC(=O)NC1CCN(C(=O)c2ccoc2Cl)CC1. The number of likely N-dealkylation sites (tertiary alicyclic amines) is 1. The minimum Gasteiger partial charge on any atom is -0.452 e. The van der Waals surface area contributed by atoms with E-state index in [1.54, 1.807) is 11.0 Å². The Morgan fingerprint density at radius 3 is 2.68 bits per heavy atom. The summed E-state index contributed by atoms with van der Waals surface area (Å²) in [4.78, 5) is 25.2. The molecule has 1 saturated heterocycles. The van der Waals surface area contributed by atoms with Crippen LogP contribution in [0, 0.1) is 0 Å². The number of hydrogen-bond donors (Lipinski definition) is 1. The molecule has 0 saturated carbocycles. The maximum atomic E-state index is 12.2. The fraction of sp³-hybridized carbons (Fsp3) is 0.538. The van der Waals surface area contributed by atoms with Gasteiger partial charge >= 0.3 is 0 Å². The largest absolute Gasteiger partial charge is 0.452 e. The number of amides is 2. The zero-order valence-electron chi connectivity index (χ0n) is 10.8. The van der Waals surface area contributed by atoms with Gasteiger partial charge in [0.05, 0.1) is 11.8 Å². The maximum absolute atomic E-state index is 12.2. The second-order valence-electron chi connectivity index (χ2n) is 4.60. The molecule has 6 heteroatoms. The Hall–Kier alpha value is -1.49. The van der Waals surface area contributed by atoms with E-state index in [1.807, 2.05) is 6.92 Å². The lowest BCUT2D eigenvalue weighted by molar-refractivity contribution is -0.121. The third-order valence-corrected chi connectivity index (χ3v) is 3.61. The van der Waals surface area contributed by atoms with Gasteiger partial charge in [0.15, 0.2) is 0 Å². The molecule has 19 heavy (non-hydrogen) atoms. The number of carbonyl (C=O) groups is 2. The van der Waals surface area contributed by atoms with Crippen LogP contribution in [0.1, 0.15) is 36.5 Å². The summed E-state index contributed by atoms with van der Waals surface area (Å²) < 4.78 is 4.93. The molecule has 0 spiro atoms. The van der Waals surface area contributed by atoms with E-state index < -0.39 is 0 Å². The van der Waals surface area contributed by atoms with Gasteiger partial charge in [0.25, 0.3) is 5.91 Å². The second kappa shape index (κ2) is 6.10. The number of halogens is 1. The molecular weight excluding hydrogens is 268 g/mol. The van der Waals surface area contributed by atoms with Gasteiger partial charge in [0, 0.05) is 25.6 Å².